The highest BCUT2D eigenvalue weighted by atomic mass is 32.1. The first-order valence-electron chi connectivity index (χ1n) is 6.35. The maximum Gasteiger partial charge on any atom is 0.371 e. The Kier molecular flexibility index (Phi) is 2.80. The largest absolute Gasteiger partial charge is 0.475 e. The third kappa shape index (κ3) is 2.08. The standard InChI is InChI=1S/C15H8N2O4S/c18-15(19)11-6-8-3-4-9(7-10(8)20-11)13-16-14(21-17-13)12-2-1-5-22-12/h1-7H,(H,18,19). The van der Waals surface area contributed by atoms with Crippen LogP contribution >= 0.6 is 11.3 Å². The van der Waals surface area contributed by atoms with Gasteiger partial charge in [-0.05, 0) is 23.6 Å². The SMILES string of the molecule is O=C(O)c1cc2ccc(-c3noc(-c4cccs4)n3)cc2o1. The summed E-state index contributed by atoms with van der Waals surface area (Å²) in [6.07, 6.45) is 0. The Balaban J connectivity index is 1.76. The van der Waals surface area contributed by atoms with Gasteiger partial charge in [0.25, 0.3) is 5.89 Å². The fourth-order valence-corrected chi connectivity index (χ4v) is 2.76. The van der Waals surface area contributed by atoms with Crippen LogP contribution < -0.4 is 0 Å². The molecule has 6 nitrogen and oxygen atoms in total. The Labute approximate surface area is 127 Å². The van der Waals surface area contributed by atoms with Crippen molar-refractivity contribution in [1.29, 1.82) is 0 Å². The number of carboxylic acid groups (broad SMARTS) is 1. The highest BCUT2D eigenvalue weighted by Crippen LogP contribution is 2.28. The van der Waals surface area contributed by atoms with Gasteiger partial charge in [0.2, 0.25) is 11.6 Å². The van der Waals surface area contributed by atoms with Crippen LogP contribution in [0.25, 0.3) is 33.1 Å². The molecule has 0 radical (unpaired) electrons. The fourth-order valence-electron chi connectivity index (χ4n) is 2.12. The van der Waals surface area contributed by atoms with Crippen LogP contribution in [0.3, 0.4) is 0 Å². The molecule has 22 heavy (non-hydrogen) atoms. The lowest BCUT2D eigenvalue weighted by atomic mass is 10.1. The van der Waals surface area contributed by atoms with Crippen LogP contribution in [0.5, 0.6) is 0 Å². The Bertz CT molecular complexity index is 969. The summed E-state index contributed by atoms with van der Waals surface area (Å²) in [5.41, 5.74) is 1.17. The second kappa shape index (κ2) is 4.81. The van der Waals surface area contributed by atoms with Crippen LogP contribution in [-0.4, -0.2) is 21.2 Å². The number of nitrogens with zero attached hydrogens (tertiary/aromatic N) is 2. The molecule has 0 atom stereocenters. The molecule has 1 aromatic carbocycles. The monoisotopic (exact) mass is 312 g/mol. The zero-order chi connectivity index (χ0) is 15.1. The molecule has 0 aliphatic carbocycles. The molecule has 0 amide bonds. The number of carbonyl (C=O) groups is 1. The first-order valence-corrected chi connectivity index (χ1v) is 7.23. The number of rotatable bonds is 3. The number of furan rings is 1. The summed E-state index contributed by atoms with van der Waals surface area (Å²) in [5.74, 6) is -0.314. The van der Waals surface area contributed by atoms with E-state index in [1.165, 1.54) is 17.4 Å². The quantitative estimate of drug-likeness (QED) is 0.617. The van der Waals surface area contributed by atoms with Gasteiger partial charge in [-0.3, -0.25) is 0 Å². The molecular formula is C15H8N2O4S. The van der Waals surface area contributed by atoms with Gasteiger partial charge in [-0.1, -0.05) is 23.4 Å². The van der Waals surface area contributed by atoms with E-state index in [4.69, 9.17) is 14.0 Å². The number of aromatic nitrogens is 2. The zero-order valence-electron chi connectivity index (χ0n) is 11.0. The van der Waals surface area contributed by atoms with Crippen molar-refractivity contribution in [3.05, 3.63) is 47.5 Å². The van der Waals surface area contributed by atoms with Gasteiger partial charge in [-0.15, -0.1) is 11.3 Å². The molecule has 0 aliphatic heterocycles. The topological polar surface area (TPSA) is 89.4 Å². The third-order valence-electron chi connectivity index (χ3n) is 3.15. The number of fused-ring (bicyclic) bond motifs is 1. The Morgan fingerprint density at radius 3 is 2.91 bits per heavy atom. The number of benzene rings is 1. The lowest BCUT2D eigenvalue weighted by molar-refractivity contribution is 0.0665. The van der Waals surface area contributed by atoms with E-state index in [-0.39, 0.29) is 5.76 Å². The summed E-state index contributed by atoms with van der Waals surface area (Å²) >= 11 is 1.51. The summed E-state index contributed by atoms with van der Waals surface area (Å²) in [6, 6.07) is 10.6. The van der Waals surface area contributed by atoms with Crippen LogP contribution in [-0.2, 0) is 0 Å². The molecule has 0 spiro atoms. The van der Waals surface area contributed by atoms with Gasteiger partial charge in [0.05, 0.1) is 4.88 Å². The molecule has 3 heterocycles. The summed E-state index contributed by atoms with van der Waals surface area (Å²) < 4.78 is 10.5. The van der Waals surface area contributed by atoms with E-state index in [0.717, 1.165) is 4.88 Å². The van der Waals surface area contributed by atoms with E-state index >= 15 is 0 Å². The molecule has 0 saturated carbocycles. The van der Waals surface area contributed by atoms with Gasteiger partial charge in [-0.25, -0.2) is 4.79 Å². The maximum atomic E-state index is 10.9. The fraction of sp³-hybridized carbons (Fsp3) is 0. The molecule has 4 aromatic rings. The van der Waals surface area contributed by atoms with Crippen LogP contribution in [0.4, 0.5) is 0 Å². The Morgan fingerprint density at radius 1 is 1.23 bits per heavy atom. The van der Waals surface area contributed by atoms with E-state index in [1.54, 1.807) is 18.2 Å². The first kappa shape index (κ1) is 12.8. The molecule has 0 bridgehead atoms. The lowest BCUT2D eigenvalue weighted by Gasteiger charge is -1.93. The Morgan fingerprint density at radius 2 is 2.14 bits per heavy atom. The smallest absolute Gasteiger partial charge is 0.371 e. The minimum atomic E-state index is -1.10. The second-order valence-electron chi connectivity index (χ2n) is 4.57. The van der Waals surface area contributed by atoms with Gasteiger partial charge < -0.3 is 14.0 Å². The van der Waals surface area contributed by atoms with E-state index in [2.05, 4.69) is 10.1 Å². The van der Waals surface area contributed by atoms with Crippen molar-refractivity contribution in [2.24, 2.45) is 0 Å². The molecule has 4 rings (SSSR count). The number of carboxylic acids is 1. The predicted octanol–water partition coefficient (Wildman–Crippen LogP) is 3.91. The number of aromatic carboxylic acids is 1. The van der Waals surface area contributed by atoms with Crippen molar-refractivity contribution >= 4 is 28.3 Å². The molecule has 0 aliphatic rings. The second-order valence-corrected chi connectivity index (χ2v) is 5.52. The summed E-state index contributed by atoms with van der Waals surface area (Å²) in [4.78, 5) is 16.2. The van der Waals surface area contributed by atoms with Crippen LogP contribution in [0.15, 0.2) is 50.7 Å². The van der Waals surface area contributed by atoms with E-state index < -0.39 is 5.97 Å². The molecule has 7 heteroatoms. The third-order valence-corrected chi connectivity index (χ3v) is 4.00. The van der Waals surface area contributed by atoms with Crippen LogP contribution in [0.2, 0.25) is 0 Å². The van der Waals surface area contributed by atoms with Gasteiger partial charge in [-0.2, -0.15) is 4.98 Å². The van der Waals surface area contributed by atoms with Crippen molar-refractivity contribution in [3.8, 4) is 22.2 Å². The molecule has 0 fully saturated rings. The number of hydrogen-bond acceptors (Lipinski definition) is 6. The van der Waals surface area contributed by atoms with Crippen molar-refractivity contribution in [2.45, 2.75) is 0 Å². The van der Waals surface area contributed by atoms with Gasteiger partial charge >= 0.3 is 5.97 Å². The predicted molar refractivity (Wildman–Crippen MR) is 79.8 cm³/mol. The molecule has 0 saturated heterocycles. The highest BCUT2D eigenvalue weighted by molar-refractivity contribution is 7.13. The van der Waals surface area contributed by atoms with E-state index in [0.29, 0.717) is 28.2 Å². The minimum Gasteiger partial charge on any atom is -0.475 e. The first-order chi connectivity index (χ1) is 10.7. The minimum absolute atomic E-state index is 0.0977. The summed E-state index contributed by atoms with van der Waals surface area (Å²) in [7, 11) is 0. The van der Waals surface area contributed by atoms with E-state index in [9.17, 15) is 4.79 Å². The summed E-state index contributed by atoms with van der Waals surface area (Å²) in [6.45, 7) is 0. The molecule has 108 valence electrons. The average molecular weight is 312 g/mol. The average Bonchev–Trinajstić information content (AvgIpc) is 3.24. The van der Waals surface area contributed by atoms with Crippen LogP contribution in [0, 0.1) is 0 Å². The number of thiophene rings is 1. The van der Waals surface area contributed by atoms with Crippen LogP contribution in [0.1, 0.15) is 10.6 Å². The molecule has 3 aromatic heterocycles. The highest BCUT2D eigenvalue weighted by Gasteiger charge is 2.14. The van der Waals surface area contributed by atoms with Gasteiger partial charge in [0, 0.05) is 10.9 Å². The van der Waals surface area contributed by atoms with Crippen molar-refractivity contribution in [3.63, 3.8) is 0 Å². The number of hydrogen-bond donors (Lipinski definition) is 1. The summed E-state index contributed by atoms with van der Waals surface area (Å²) in [5, 5.41) is 15.5. The van der Waals surface area contributed by atoms with E-state index in [1.807, 2.05) is 17.5 Å². The van der Waals surface area contributed by atoms with Crippen molar-refractivity contribution in [2.75, 3.05) is 0 Å². The Hall–Kier alpha value is -2.93. The molecule has 0 unspecified atom stereocenters. The lowest BCUT2D eigenvalue weighted by Crippen LogP contribution is -1.91. The van der Waals surface area contributed by atoms with Gasteiger partial charge in [0.1, 0.15) is 5.58 Å². The normalized spacial score (nSPS) is 11.1. The maximum absolute atomic E-state index is 10.9. The van der Waals surface area contributed by atoms with Crippen molar-refractivity contribution < 1.29 is 18.8 Å². The van der Waals surface area contributed by atoms with Gasteiger partial charge in [0.15, 0.2) is 0 Å². The zero-order valence-corrected chi connectivity index (χ0v) is 11.8. The molecular weight excluding hydrogens is 304 g/mol. The molecule has 1 N–H and O–H groups in total. The van der Waals surface area contributed by atoms with Crippen molar-refractivity contribution in [1.82, 2.24) is 10.1 Å².